The van der Waals surface area contributed by atoms with E-state index in [2.05, 4.69) is 26.3 Å². The molecular formula is C15H20BrN3O2. The number of nitrogens with one attached hydrogen (secondary N) is 1. The van der Waals surface area contributed by atoms with E-state index in [0.717, 1.165) is 23.2 Å². The first kappa shape index (κ1) is 16.0. The molecule has 1 unspecified atom stereocenters. The Bertz CT molecular complexity index is 542. The first-order valence-electron chi connectivity index (χ1n) is 6.89. The monoisotopic (exact) mass is 353 g/mol. The zero-order valence-electron chi connectivity index (χ0n) is 12.0. The molecule has 6 heteroatoms. The van der Waals surface area contributed by atoms with Crippen LogP contribution in [-0.4, -0.2) is 40.7 Å². The minimum atomic E-state index is -0.528. The third kappa shape index (κ3) is 5.49. The van der Waals surface area contributed by atoms with Gasteiger partial charge in [-0.1, -0.05) is 15.9 Å². The summed E-state index contributed by atoms with van der Waals surface area (Å²) in [4.78, 5) is 0. The van der Waals surface area contributed by atoms with Gasteiger partial charge in [0.25, 0.3) is 0 Å². The number of aliphatic hydroxyl groups is 1. The van der Waals surface area contributed by atoms with Gasteiger partial charge in [-0.2, -0.15) is 5.10 Å². The number of ether oxygens (including phenoxy) is 1. The molecule has 0 aliphatic heterocycles. The minimum absolute atomic E-state index is 0.278. The van der Waals surface area contributed by atoms with Crippen LogP contribution >= 0.6 is 15.9 Å². The van der Waals surface area contributed by atoms with Gasteiger partial charge in [-0.15, -0.1) is 0 Å². The van der Waals surface area contributed by atoms with Gasteiger partial charge in [0.1, 0.15) is 18.5 Å². The molecule has 1 aromatic carbocycles. The van der Waals surface area contributed by atoms with Crippen LogP contribution in [0, 0.1) is 0 Å². The van der Waals surface area contributed by atoms with Crippen molar-refractivity contribution in [2.24, 2.45) is 7.05 Å². The Morgan fingerprint density at radius 3 is 2.76 bits per heavy atom. The number of aryl methyl sites for hydroxylation is 1. The molecule has 0 saturated carbocycles. The van der Waals surface area contributed by atoms with Crippen LogP contribution in [0.5, 0.6) is 5.75 Å². The van der Waals surface area contributed by atoms with Crippen molar-refractivity contribution in [1.82, 2.24) is 15.1 Å². The van der Waals surface area contributed by atoms with Crippen molar-refractivity contribution in [3.63, 3.8) is 0 Å². The number of aromatic nitrogens is 2. The van der Waals surface area contributed by atoms with Crippen molar-refractivity contribution in [2.45, 2.75) is 12.5 Å². The number of hydrogen-bond donors (Lipinski definition) is 2. The van der Waals surface area contributed by atoms with Crippen LogP contribution in [0.15, 0.2) is 41.0 Å². The van der Waals surface area contributed by atoms with Gasteiger partial charge in [0.05, 0.1) is 0 Å². The summed E-state index contributed by atoms with van der Waals surface area (Å²) < 4.78 is 8.38. The summed E-state index contributed by atoms with van der Waals surface area (Å²) in [6, 6.07) is 9.55. The van der Waals surface area contributed by atoms with Gasteiger partial charge < -0.3 is 15.2 Å². The molecule has 2 N–H and O–H groups in total. The normalized spacial score (nSPS) is 12.3. The van der Waals surface area contributed by atoms with Gasteiger partial charge in [0.2, 0.25) is 0 Å². The summed E-state index contributed by atoms with van der Waals surface area (Å²) in [5, 5.41) is 17.2. The van der Waals surface area contributed by atoms with E-state index in [-0.39, 0.29) is 6.61 Å². The van der Waals surface area contributed by atoms with Crippen molar-refractivity contribution in [1.29, 1.82) is 0 Å². The minimum Gasteiger partial charge on any atom is -0.491 e. The zero-order chi connectivity index (χ0) is 15.1. The highest BCUT2D eigenvalue weighted by atomic mass is 79.9. The van der Waals surface area contributed by atoms with Crippen LogP contribution in [-0.2, 0) is 13.5 Å². The van der Waals surface area contributed by atoms with Crippen LogP contribution in [0.1, 0.15) is 5.69 Å². The summed E-state index contributed by atoms with van der Waals surface area (Å²) in [5.41, 5.74) is 1.17. The lowest BCUT2D eigenvalue weighted by Gasteiger charge is -2.13. The molecule has 0 fully saturated rings. The quantitative estimate of drug-likeness (QED) is 0.710. The van der Waals surface area contributed by atoms with E-state index in [9.17, 15) is 5.11 Å². The topological polar surface area (TPSA) is 59.3 Å². The van der Waals surface area contributed by atoms with Gasteiger partial charge >= 0.3 is 0 Å². The maximum atomic E-state index is 9.86. The van der Waals surface area contributed by atoms with Crippen molar-refractivity contribution in [3.05, 3.63) is 46.7 Å². The molecule has 0 aliphatic rings. The molecule has 0 saturated heterocycles. The molecule has 21 heavy (non-hydrogen) atoms. The summed E-state index contributed by atoms with van der Waals surface area (Å²) in [6.07, 6.45) is 2.15. The first-order valence-corrected chi connectivity index (χ1v) is 7.68. The molecule has 1 heterocycles. The predicted molar refractivity (Wildman–Crippen MR) is 85.4 cm³/mol. The highest BCUT2D eigenvalue weighted by Gasteiger charge is 2.05. The lowest BCUT2D eigenvalue weighted by atomic mass is 10.3. The van der Waals surface area contributed by atoms with E-state index in [1.54, 1.807) is 6.20 Å². The Morgan fingerprint density at radius 2 is 2.10 bits per heavy atom. The van der Waals surface area contributed by atoms with E-state index in [4.69, 9.17) is 4.74 Å². The lowest BCUT2D eigenvalue weighted by Crippen LogP contribution is -2.32. The molecule has 2 aromatic rings. The Hall–Kier alpha value is -1.37. The smallest absolute Gasteiger partial charge is 0.119 e. The van der Waals surface area contributed by atoms with Crippen LogP contribution in [0.25, 0.3) is 0 Å². The number of rotatable bonds is 8. The van der Waals surface area contributed by atoms with Gasteiger partial charge in [0.15, 0.2) is 0 Å². The van der Waals surface area contributed by atoms with Gasteiger partial charge in [0, 0.05) is 42.9 Å². The van der Waals surface area contributed by atoms with Crippen LogP contribution in [0.2, 0.25) is 0 Å². The molecular weight excluding hydrogens is 334 g/mol. The van der Waals surface area contributed by atoms with Gasteiger partial charge in [-0.05, 0) is 30.3 Å². The summed E-state index contributed by atoms with van der Waals surface area (Å²) in [6.45, 7) is 1.59. The number of nitrogens with zero attached hydrogens (tertiary/aromatic N) is 2. The number of hydrogen-bond acceptors (Lipinski definition) is 4. The molecule has 2 rings (SSSR count). The van der Waals surface area contributed by atoms with E-state index in [1.807, 2.05) is 42.1 Å². The molecule has 1 aromatic heterocycles. The Balaban J connectivity index is 1.60. The molecule has 1 atom stereocenters. The van der Waals surface area contributed by atoms with E-state index < -0.39 is 6.10 Å². The van der Waals surface area contributed by atoms with E-state index >= 15 is 0 Å². The lowest BCUT2D eigenvalue weighted by molar-refractivity contribution is 0.106. The largest absolute Gasteiger partial charge is 0.491 e. The van der Waals surface area contributed by atoms with E-state index in [0.29, 0.717) is 6.54 Å². The number of halogens is 1. The van der Waals surface area contributed by atoms with Crippen molar-refractivity contribution in [2.75, 3.05) is 19.7 Å². The Morgan fingerprint density at radius 1 is 1.33 bits per heavy atom. The van der Waals surface area contributed by atoms with Crippen LogP contribution in [0.4, 0.5) is 0 Å². The molecule has 114 valence electrons. The fourth-order valence-electron chi connectivity index (χ4n) is 1.91. The predicted octanol–water partition coefficient (Wildman–Crippen LogP) is 1.75. The second kappa shape index (κ2) is 8.17. The highest BCUT2D eigenvalue weighted by molar-refractivity contribution is 9.10. The summed E-state index contributed by atoms with van der Waals surface area (Å²) in [7, 11) is 1.93. The van der Waals surface area contributed by atoms with Crippen LogP contribution < -0.4 is 10.1 Å². The summed E-state index contributed by atoms with van der Waals surface area (Å²) >= 11 is 3.37. The third-order valence-corrected chi connectivity index (χ3v) is 3.65. The fourth-order valence-corrected chi connectivity index (χ4v) is 2.18. The molecule has 0 aliphatic carbocycles. The second-order valence-electron chi connectivity index (χ2n) is 4.82. The molecule has 0 spiro atoms. The third-order valence-electron chi connectivity index (χ3n) is 3.12. The fraction of sp³-hybridized carbons (Fsp3) is 0.400. The number of benzene rings is 1. The van der Waals surface area contributed by atoms with E-state index in [1.165, 1.54) is 5.69 Å². The Kier molecular flexibility index (Phi) is 6.22. The van der Waals surface area contributed by atoms with Crippen LogP contribution in [0.3, 0.4) is 0 Å². The van der Waals surface area contributed by atoms with Crippen molar-refractivity contribution < 1.29 is 9.84 Å². The molecule has 0 radical (unpaired) electrons. The Labute approximate surface area is 133 Å². The zero-order valence-corrected chi connectivity index (χ0v) is 13.6. The van der Waals surface area contributed by atoms with Gasteiger partial charge in [-0.25, -0.2) is 0 Å². The standard InChI is InChI=1S/C15H20BrN3O2/c1-19-13(7-9-18-19)6-8-17-10-14(20)11-21-15-4-2-12(16)3-5-15/h2-5,7,9,14,17,20H,6,8,10-11H2,1H3. The second-order valence-corrected chi connectivity index (χ2v) is 5.73. The number of aliphatic hydroxyl groups excluding tert-OH is 1. The molecule has 0 bridgehead atoms. The maximum Gasteiger partial charge on any atom is 0.119 e. The highest BCUT2D eigenvalue weighted by Crippen LogP contribution is 2.16. The maximum absolute atomic E-state index is 9.86. The van der Waals surface area contributed by atoms with Gasteiger partial charge in [-0.3, -0.25) is 4.68 Å². The SMILES string of the molecule is Cn1nccc1CCNCC(O)COc1ccc(Br)cc1. The molecule has 0 amide bonds. The average molecular weight is 354 g/mol. The average Bonchev–Trinajstić information content (AvgIpc) is 2.88. The molecule has 5 nitrogen and oxygen atoms in total. The van der Waals surface area contributed by atoms with Crippen molar-refractivity contribution >= 4 is 15.9 Å². The first-order chi connectivity index (χ1) is 10.1. The summed E-state index contributed by atoms with van der Waals surface area (Å²) in [5.74, 6) is 0.757. The van der Waals surface area contributed by atoms with Crippen molar-refractivity contribution in [3.8, 4) is 5.75 Å².